The number of nitrogens with zero attached hydrogens (tertiary/aromatic N) is 5. The third-order valence-electron chi connectivity index (χ3n) is 3.33. The summed E-state index contributed by atoms with van der Waals surface area (Å²) in [5.74, 6) is 1.22. The molecule has 0 bridgehead atoms. The number of nitrogen functional groups attached to an aromatic ring is 1. The zero-order valence-corrected chi connectivity index (χ0v) is 13.4. The molecule has 0 aliphatic carbocycles. The Bertz CT molecular complexity index is 651. The van der Waals surface area contributed by atoms with Crippen LogP contribution in [0.4, 0.5) is 11.8 Å². The summed E-state index contributed by atoms with van der Waals surface area (Å²) in [6.45, 7) is 7.04. The fraction of sp³-hybridized carbons (Fsp3) is 0.429. The molecule has 3 heterocycles. The van der Waals surface area contributed by atoms with Crippen molar-refractivity contribution in [2.75, 3.05) is 36.9 Å². The van der Waals surface area contributed by atoms with E-state index >= 15 is 0 Å². The SMILES string of the molecule is Cc1nc(N2CCOCC2)nc(C)c1Sc1nccc(N)n1. The van der Waals surface area contributed by atoms with Gasteiger partial charge in [-0.2, -0.15) is 0 Å². The minimum Gasteiger partial charge on any atom is -0.384 e. The lowest BCUT2D eigenvalue weighted by Crippen LogP contribution is -2.37. The van der Waals surface area contributed by atoms with Gasteiger partial charge in [-0.3, -0.25) is 0 Å². The number of hydrogen-bond acceptors (Lipinski definition) is 8. The number of nitrogens with two attached hydrogens (primary N) is 1. The van der Waals surface area contributed by atoms with Gasteiger partial charge in [0.05, 0.1) is 29.5 Å². The third-order valence-corrected chi connectivity index (χ3v) is 4.51. The van der Waals surface area contributed by atoms with Gasteiger partial charge >= 0.3 is 0 Å². The summed E-state index contributed by atoms with van der Waals surface area (Å²) in [5, 5.41) is 0.605. The van der Waals surface area contributed by atoms with Crippen LogP contribution in [0.15, 0.2) is 22.3 Å². The lowest BCUT2D eigenvalue weighted by atomic mass is 10.3. The Kier molecular flexibility index (Phi) is 4.39. The molecule has 0 unspecified atom stereocenters. The van der Waals surface area contributed by atoms with Gasteiger partial charge in [-0.1, -0.05) is 0 Å². The van der Waals surface area contributed by atoms with Gasteiger partial charge in [0.2, 0.25) is 5.95 Å². The molecule has 116 valence electrons. The Morgan fingerprint density at radius 2 is 1.82 bits per heavy atom. The van der Waals surface area contributed by atoms with Gasteiger partial charge in [0, 0.05) is 19.3 Å². The molecule has 1 aliphatic rings. The highest BCUT2D eigenvalue weighted by Crippen LogP contribution is 2.30. The molecule has 8 heteroatoms. The first-order valence-electron chi connectivity index (χ1n) is 7.08. The van der Waals surface area contributed by atoms with E-state index in [1.54, 1.807) is 12.3 Å². The Labute approximate surface area is 133 Å². The number of ether oxygens (including phenoxy) is 1. The van der Waals surface area contributed by atoms with Crippen LogP contribution in [-0.4, -0.2) is 46.2 Å². The number of anilines is 2. The number of aromatic nitrogens is 4. The van der Waals surface area contributed by atoms with Crippen LogP contribution >= 0.6 is 11.8 Å². The molecule has 1 fully saturated rings. The lowest BCUT2D eigenvalue weighted by Gasteiger charge is -2.27. The molecule has 3 rings (SSSR count). The van der Waals surface area contributed by atoms with E-state index in [4.69, 9.17) is 10.5 Å². The average molecular weight is 318 g/mol. The third kappa shape index (κ3) is 3.28. The van der Waals surface area contributed by atoms with E-state index < -0.39 is 0 Å². The highest BCUT2D eigenvalue weighted by atomic mass is 32.2. The maximum Gasteiger partial charge on any atom is 0.225 e. The van der Waals surface area contributed by atoms with Crippen LogP contribution in [-0.2, 0) is 4.74 Å². The van der Waals surface area contributed by atoms with Crippen molar-refractivity contribution in [3.05, 3.63) is 23.7 Å². The first-order chi connectivity index (χ1) is 10.6. The van der Waals surface area contributed by atoms with Crippen molar-refractivity contribution in [1.29, 1.82) is 0 Å². The Balaban J connectivity index is 1.86. The van der Waals surface area contributed by atoms with Crippen molar-refractivity contribution in [2.24, 2.45) is 0 Å². The van der Waals surface area contributed by atoms with Crippen molar-refractivity contribution >= 4 is 23.5 Å². The van der Waals surface area contributed by atoms with E-state index in [9.17, 15) is 0 Å². The standard InChI is InChI=1S/C14H18N6OS/c1-9-12(22-14-16-4-3-11(15)19-14)10(2)18-13(17-9)20-5-7-21-8-6-20/h3-4H,5-8H2,1-2H3,(H2,15,16,19). The summed E-state index contributed by atoms with van der Waals surface area (Å²) < 4.78 is 5.37. The molecule has 0 spiro atoms. The predicted molar refractivity (Wildman–Crippen MR) is 85.1 cm³/mol. The summed E-state index contributed by atoms with van der Waals surface area (Å²) >= 11 is 1.44. The zero-order valence-electron chi connectivity index (χ0n) is 12.6. The summed E-state index contributed by atoms with van der Waals surface area (Å²) in [5.41, 5.74) is 7.54. The molecule has 2 aromatic heterocycles. The smallest absolute Gasteiger partial charge is 0.225 e. The maximum absolute atomic E-state index is 5.70. The van der Waals surface area contributed by atoms with Crippen LogP contribution in [0, 0.1) is 13.8 Å². The Morgan fingerprint density at radius 3 is 2.45 bits per heavy atom. The summed E-state index contributed by atoms with van der Waals surface area (Å²) in [4.78, 5) is 20.8. The van der Waals surface area contributed by atoms with Gasteiger partial charge in [0.25, 0.3) is 0 Å². The van der Waals surface area contributed by atoms with Crippen molar-refractivity contribution in [3.63, 3.8) is 0 Å². The molecule has 2 aromatic rings. The van der Waals surface area contributed by atoms with E-state index in [0.29, 0.717) is 11.0 Å². The lowest BCUT2D eigenvalue weighted by molar-refractivity contribution is 0.122. The molecule has 0 saturated carbocycles. The van der Waals surface area contributed by atoms with Crippen molar-refractivity contribution in [1.82, 2.24) is 19.9 Å². The predicted octanol–water partition coefficient (Wildman–Crippen LogP) is 1.45. The molecule has 1 aliphatic heterocycles. The first-order valence-corrected chi connectivity index (χ1v) is 7.89. The monoisotopic (exact) mass is 318 g/mol. The molecule has 2 N–H and O–H groups in total. The van der Waals surface area contributed by atoms with E-state index in [1.165, 1.54) is 11.8 Å². The van der Waals surface area contributed by atoms with E-state index in [2.05, 4.69) is 24.8 Å². The minimum absolute atomic E-state index is 0.457. The van der Waals surface area contributed by atoms with Crippen LogP contribution in [0.2, 0.25) is 0 Å². The van der Waals surface area contributed by atoms with E-state index in [0.717, 1.165) is 48.5 Å². The van der Waals surface area contributed by atoms with Crippen LogP contribution in [0.25, 0.3) is 0 Å². The average Bonchev–Trinajstić information content (AvgIpc) is 2.52. The number of hydrogen-bond donors (Lipinski definition) is 1. The van der Waals surface area contributed by atoms with Crippen LogP contribution in [0.1, 0.15) is 11.4 Å². The molecule has 7 nitrogen and oxygen atoms in total. The normalized spacial score (nSPS) is 15.1. The molecule has 0 amide bonds. The molecule has 0 aromatic carbocycles. The quantitative estimate of drug-likeness (QED) is 0.851. The van der Waals surface area contributed by atoms with Crippen molar-refractivity contribution in [3.8, 4) is 0 Å². The van der Waals surface area contributed by atoms with Gasteiger partial charge in [-0.15, -0.1) is 0 Å². The van der Waals surface area contributed by atoms with Gasteiger partial charge in [-0.05, 0) is 31.7 Å². The van der Waals surface area contributed by atoms with E-state index in [-0.39, 0.29) is 0 Å². The molecular weight excluding hydrogens is 300 g/mol. The highest BCUT2D eigenvalue weighted by Gasteiger charge is 2.17. The zero-order chi connectivity index (χ0) is 15.5. The topological polar surface area (TPSA) is 90.0 Å². The van der Waals surface area contributed by atoms with Gasteiger partial charge in [-0.25, -0.2) is 19.9 Å². The van der Waals surface area contributed by atoms with Crippen LogP contribution in [0.3, 0.4) is 0 Å². The number of morpholine rings is 1. The molecule has 0 atom stereocenters. The fourth-order valence-corrected chi connectivity index (χ4v) is 3.07. The number of rotatable bonds is 3. The molecule has 1 saturated heterocycles. The van der Waals surface area contributed by atoms with Crippen LogP contribution < -0.4 is 10.6 Å². The fourth-order valence-electron chi connectivity index (χ4n) is 2.24. The summed E-state index contributed by atoms with van der Waals surface area (Å²) in [7, 11) is 0. The largest absolute Gasteiger partial charge is 0.384 e. The summed E-state index contributed by atoms with van der Waals surface area (Å²) in [6, 6.07) is 1.67. The number of aryl methyl sites for hydroxylation is 2. The van der Waals surface area contributed by atoms with Gasteiger partial charge < -0.3 is 15.4 Å². The van der Waals surface area contributed by atoms with Gasteiger partial charge in [0.15, 0.2) is 5.16 Å². The van der Waals surface area contributed by atoms with Crippen molar-refractivity contribution in [2.45, 2.75) is 23.9 Å². The molecular formula is C14H18N6OS. The molecule has 0 radical (unpaired) electrons. The van der Waals surface area contributed by atoms with Gasteiger partial charge in [0.1, 0.15) is 5.82 Å². The van der Waals surface area contributed by atoms with Crippen LogP contribution in [0.5, 0.6) is 0 Å². The maximum atomic E-state index is 5.70. The first kappa shape index (κ1) is 15.0. The summed E-state index contributed by atoms with van der Waals surface area (Å²) in [6.07, 6.45) is 1.65. The Morgan fingerprint density at radius 1 is 1.14 bits per heavy atom. The van der Waals surface area contributed by atoms with Crippen molar-refractivity contribution < 1.29 is 4.74 Å². The Hall–Kier alpha value is -1.93. The van der Waals surface area contributed by atoms with E-state index in [1.807, 2.05) is 13.8 Å². The minimum atomic E-state index is 0.457. The molecule has 22 heavy (non-hydrogen) atoms. The second-order valence-electron chi connectivity index (χ2n) is 4.99. The highest BCUT2D eigenvalue weighted by molar-refractivity contribution is 7.99. The second kappa shape index (κ2) is 6.45. The second-order valence-corrected chi connectivity index (χ2v) is 5.97.